The van der Waals surface area contributed by atoms with Gasteiger partial charge in [0, 0.05) is 0 Å². The fraction of sp³-hybridized carbons (Fsp3) is 0.364. The van der Waals surface area contributed by atoms with Gasteiger partial charge in [0.1, 0.15) is 0 Å². The molecule has 17 heavy (non-hydrogen) atoms. The van der Waals surface area contributed by atoms with Crippen molar-refractivity contribution in [1.29, 1.82) is 0 Å². The summed E-state index contributed by atoms with van der Waals surface area (Å²) < 4.78 is 25.9. The molecule has 1 aromatic carbocycles. The highest BCUT2D eigenvalue weighted by molar-refractivity contribution is 7.89. The third-order valence-electron chi connectivity index (χ3n) is 2.21. The molecule has 0 bridgehead atoms. The normalized spacial score (nSPS) is 11.4. The third kappa shape index (κ3) is 4.41. The van der Waals surface area contributed by atoms with Crippen LogP contribution in [0.4, 0.5) is 0 Å². The van der Waals surface area contributed by atoms with Gasteiger partial charge in [-0.3, -0.25) is 0 Å². The Labute approximate surface area is 107 Å². The second-order valence-corrected chi connectivity index (χ2v) is 5.98. The highest BCUT2D eigenvalue weighted by atomic mass is 32.2. The van der Waals surface area contributed by atoms with Crippen LogP contribution in [0.1, 0.15) is 18.9 Å². The lowest BCUT2D eigenvalue weighted by atomic mass is 10.1. The summed E-state index contributed by atoms with van der Waals surface area (Å²) in [6.45, 7) is 2.06. The van der Waals surface area contributed by atoms with E-state index in [2.05, 4.69) is 23.9 Å². The Morgan fingerprint density at radius 1 is 1.35 bits per heavy atom. The second-order valence-electron chi connectivity index (χ2n) is 3.68. The van der Waals surface area contributed by atoms with Crippen molar-refractivity contribution < 1.29 is 8.42 Å². The monoisotopic (exact) mass is 272 g/mol. The van der Waals surface area contributed by atoms with Gasteiger partial charge in [0.15, 0.2) is 0 Å². The smallest absolute Gasteiger partial charge is 0.240 e. The molecule has 0 spiro atoms. The number of aryl methyl sites for hydroxylation is 1. The van der Waals surface area contributed by atoms with E-state index in [1.54, 1.807) is 12.1 Å². The van der Waals surface area contributed by atoms with Gasteiger partial charge in [0.05, 0.1) is 16.4 Å². The van der Waals surface area contributed by atoms with Gasteiger partial charge in [-0.15, -0.1) is 0 Å². The Morgan fingerprint density at radius 2 is 1.94 bits per heavy atom. The minimum atomic E-state index is -3.50. The molecule has 1 rings (SSSR count). The van der Waals surface area contributed by atoms with E-state index in [1.807, 2.05) is 12.1 Å². The standard InChI is InChI=1S/C11H16N2O2S2/c1-2-3-9-4-6-10(7-5-9)17(14,15)13-8-11(12)16/h4-7,13H,2-3,8H2,1H3,(H2,12,16). The van der Waals surface area contributed by atoms with Crippen molar-refractivity contribution in [3.63, 3.8) is 0 Å². The number of benzene rings is 1. The van der Waals surface area contributed by atoms with E-state index in [0.29, 0.717) is 0 Å². The fourth-order valence-electron chi connectivity index (χ4n) is 1.37. The summed E-state index contributed by atoms with van der Waals surface area (Å²) in [5.41, 5.74) is 6.37. The van der Waals surface area contributed by atoms with Crippen LogP contribution in [0, 0.1) is 0 Å². The summed E-state index contributed by atoms with van der Waals surface area (Å²) in [5, 5.41) is 0. The maximum absolute atomic E-state index is 11.8. The summed E-state index contributed by atoms with van der Waals surface area (Å²) in [5.74, 6) is 0. The van der Waals surface area contributed by atoms with Crippen LogP contribution in [0.3, 0.4) is 0 Å². The van der Waals surface area contributed by atoms with Crippen LogP contribution in [0.15, 0.2) is 29.2 Å². The molecule has 0 atom stereocenters. The topological polar surface area (TPSA) is 72.2 Å². The SMILES string of the molecule is CCCc1ccc(S(=O)(=O)NCC(N)=S)cc1. The molecular weight excluding hydrogens is 256 g/mol. The van der Waals surface area contributed by atoms with Crippen molar-refractivity contribution in [3.05, 3.63) is 29.8 Å². The Balaban J connectivity index is 2.81. The molecule has 0 aliphatic carbocycles. The van der Waals surface area contributed by atoms with Crippen LogP contribution in [-0.2, 0) is 16.4 Å². The summed E-state index contributed by atoms with van der Waals surface area (Å²) in [7, 11) is -3.50. The lowest BCUT2D eigenvalue weighted by molar-refractivity contribution is 0.586. The Bertz CT molecular complexity index is 481. The van der Waals surface area contributed by atoms with E-state index in [9.17, 15) is 8.42 Å². The average Bonchev–Trinajstić information content (AvgIpc) is 2.28. The zero-order chi connectivity index (χ0) is 12.9. The van der Waals surface area contributed by atoms with Gasteiger partial charge in [-0.1, -0.05) is 37.7 Å². The van der Waals surface area contributed by atoms with Crippen LogP contribution in [0.2, 0.25) is 0 Å². The number of hydrogen-bond acceptors (Lipinski definition) is 3. The van der Waals surface area contributed by atoms with Gasteiger partial charge < -0.3 is 5.73 Å². The Hall–Kier alpha value is -0.980. The summed E-state index contributed by atoms with van der Waals surface area (Å²) in [6, 6.07) is 6.82. The maximum atomic E-state index is 11.8. The zero-order valence-corrected chi connectivity index (χ0v) is 11.3. The lowest BCUT2D eigenvalue weighted by Crippen LogP contribution is -2.32. The van der Waals surface area contributed by atoms with Crippen LogP contribution >= 0.6 is 12.2 Å². The second kappa shape index (κ2) is 6.09. The molecule has 0 saturated heterocycles. The molecule has 0 aromatic heterocycles. The van der Waals surface area contributed by atoms with Crippen molar-refractivity contribution in [1.82, 2.24) is 4.72 Å². The molecule has 4 nitrogen and oxygen atoms in total. The minimum Gasteiger partial charge on any atom is -0.392 e. The predicted molar refractivity (Wildman–Crippen MR) is 72.4 cm³/mol. The van der Waals surface area contributed by atoms with Crippen LogP contribution in [-0.4, -0.2) is 20.0 Å². The number of nitrogens with two attached hydrogens (primary N) is 1. The number of sulfonamides is 1. The first-order valence-electron chi connectivity index (χ1n) is 5.32. The van der Waals surface area contributed by atoms with E-state index < -0.39 is 10.0 Å². The van der Waals surface area contributed by atoms with E-state index in [-0.39, 0.29) is 16.4 Å². The molecule has 6 heteroatoms. The molecule has 3 N–H and O–H groups in total. The van der Waals surface area contributed by atoms with Gasteiger partial charge in [0.2, 0.25) is 10.0 Å². The summed E-state index contributed by atoms with van der Waals surface area (Å²) in [4.78, 5) is 0.352. The first-order chi connectivity index (χ1) is 7.95. The lowest BCUT2D eigenvalue weighted by Gasteiger charge is -2.06. The maximum Gasteiger partial charge on any atom is 0.240 e. The molecule has 1 aromatic rings. The number of thiocarbonyl (C=S) groups is 1. The first kappa shape index (κ1) is 14.1. The number of hydrogen-bond donors (Lipinski definition) is 2. The molecule has 0 aliphatic heterocycles. The van der Waals surface area contributed by atoms with Crippen molar-refractivity contribution in [3.8, 4) is 0 Å². The molecule has 0 fully saturated rings. The summed E-state index contributed by atoms with van der Waals surface area (Å²) >= 11 is 4.62. The molecule has 0 aliphatic rings. The molecule has 0 heterocycles. The highest BCUT2D eigenvalue weighted by Crippen LogP contribution is 2.11. The number of nitrogens with one attached hydrogen (secondary N) is 1. The van der Waals surface area contributed by atoms with Crippen LogP contribution < -0.4 is 10.5 Å². The van der Waals surface area contributed by atoms with Crippen molar-refractivity contribution in [2.75, 3.05) is 6.54 Å². The number of rotatable bonds is 6. The average molecular weight is 272 g/mol. The van der Waals surface area contributed by atoms with Crippen LogP contribution in [0.5, 0.6) is 0 Å². The predicted octanol–water partition coefficient (Wildman–Crippen LogP) is 1.20. The minimum absolute atomic E-state index is 0.0195. The van der Waals surface area contributed by atoms with E-state index >= 15 is 0 Å². The first-order valence-corrected chi connectivity index (χ1v) is 7.21. The van der Waals surface area contributed by atoms with Crippen molar-refractivity contribution >= 4 is 27.2 Å². The van der Waals surface area contributed by atoms with Crippen molar-refractivity contribution in [2.24, 2.45) is 5.73 Å². The molecule has 0 radical (unpaired) electrons. The zero-order valence-electron chi connectivity index (χ0n) is 9.64. The van der Waals surface area contributed by atoms with Gasteiger partial charge >= 0.3 is 0 Å². The van der Waals surface area contributed by atoms with E-state index in [4.69, 9.17) is 5.73 Å². The molecule has 0 unspecified atom stereocenters. The Morgan fingerprint density at radius 3 is 2.41 bits per heavy atom. The Kier molecular flexibility index (Phi) is 5.04. The highest BCUT2D eigenvalue weighted by Gasteiger charge is 2.13. The summed E-state index contributed by atoms with van der Waals surface area (Å²) in [6.07, 6.45) is 1.98. The third-order valence-corrected chi connectivity index (χ3v) is 3.77. The van der Waals surface area contributed by atoms with Gasteiger partial charge in [-0.2, -0.15) is 0 Å². The van der Waals surface area contributed by atoms with Crippen LogP contribution in [0.25, 0.3) is 0 Å². The van der Waals surface area contributed by atoms with Crippen molar-refractivity contribution in [2.45, 2.75) is 24.7 Å². The molecule has 0 saturated carbocycles. The largest absolute Gasteiger partial charge is 0.392 e. The molecule has 94 valence electrons. The van der Waals surface area contributed by atoms with E-state index in [1.165, 1.54) is 0 Å². The van der Waals surface area contributed by atoms with Gasteiger partial charge in [-0.25, -0.2) is 13.1 Å². The quantitative estimate of drug-likeness (QED) is 0.763. The van der Waals surface area contributed by atoms with Gasteiger partial charge in [0.25, 0.3) is 0 Å². The van der Waals surface area contributed by atoms with Gasteiger partial charge in [-0.05, 0) is 24.1 Å². The fourth-order valence-corrected chi connectivity index (χ4v) is 2.54. The molecule has 0 amide bonds. The van der Waals surface area contributed by atoms with E-state index in [0.717, 1.165) is 18.4 Å². The molecular formula is C11H16N2O2S2.